The highest BCUT2D eigenvalue weighted by molar-refractivity contribution is 8.19. The first-order valence-corrected chi connectivity index (χ1v) is 8.31. The van der Waals surface area contributed by atoms with E-state index in [1.807, 2.05) is 54.7 Å². The third kappa shape index (κ3) is 3.92. The van der Waals surface area contributed by atoms with Crippen molar-refractivity contribution in [3.05, 3.63) is 35.4 Å². The van der Waals surface area contributed by atoms with Gasteiger partial charge in [-0.1, -0.05) is 12.1 Å². The Bertz CT molecular complexity index is 475. The summed E-state index contributed by atoms with van der Waals surface area (Å²) in [5.41, 5.74) is 1.93. The lowest BCUT2D eigenvalue weighted by Crippen LogP contribution is -2.32. The molecule has 1 saturated heterocycles. The Labute approximate surface area is 122 Å². The summed E-state index contributed by atoms with van der Waals surface area (Å²) in [6.45, 7) is 1.83. The number of carbonyl (C=O) groups excluding carboxylic acids is 1. The fraction of sp³-hybridized carbons (Fsp3) is 0.429. The van der Waals surface area contributed by atoms with Crippen LogP contribution in [0.25, 0.3) is 0 Å². The molecule has 100 valence electrons. The number of rotatable bonds is 4. The molecule has 1 aliphatic rings. The second-order valence-corrected chi connectivity index (χ2v) is 7.16. The molecule has 1 N–H and O–H groups in total. The van der Waals surface area contributed by atoms with Crippen LogP contribution in [-0.2, 0) is 0 Å². The summed E-state index contributed by atoms with van der Waals surface area (Å²) >= 11 is 3.91. The Morgan fingerprint density at radius 3 is 2.63 bits per heavy atom. The summed E-state index contributed by atoms with van der Waals surface area (Å²) in [7, 11) is 0. The Morgan fingerprint density at radius 1 is 1.42 bits per heavy atom. The van der Waals surface area contributed by atoms with Gasteiger partial charge in [0.2, 0.25) is 0 Å². The summed E-state index contributed by atoms with van der Waals surface area (Å²) in [4.78, 5) is 11.9. The minimum absolute atomic E-state index is 0.110. The number of nitrogens with one attached hydrogen (secondary N) is 1. The van der Waals surface area contributed by atoms with E-state index < -0.39 is 0 Å². The van der Waals surface area contributed by atoms with E-state index in [0.29, 0.717) is 16.6 Å². The van der Waals surface area contributed by atoms with Crippen LogP contribution in [0.2, 0.25) is 0 Å². The molecule has 19 heavy (non-hydrogen) atoms. The van der Waals surface area contributed by atoms with Crippen LogP contribution in [0.15, 0.2) is 24.3 Å². The van der Waals surface area contributed by atoms with Crippen LogP contribution < -0.4 is 5.32 Å². The number of nitriles is 1. The van der Waals surface area contributed by atoms with Crippen molar-refractivity contribution in [2.75, 3.05) is 11.5 Å². The van der Waals surface area contributed by atoms with Crippen LogP contribution in [-0.4, -0.2) is 23.5 Å². The number of hydrogen-bond donors (Lipinski definition) is 1. The lowest BCUT2D eigenvalue weighted by Gasteiger charge is -2.12. The van der Waals surface area contributed by atoms with Crippen LogP contribution in [0.3, 0.4) is 0 Å². The first-order chi connectivity index (χ1) is 9.20. The summed E-state index contributed by atoms with van der Waals surface area (Å²) in [5, 5.41) is 11.4. The number of thioether (sulfide) groups is 2. The standard InChI is InChI=1S/C14H16N2OS2/c1-10(6-7-15)16-13(17)11-2-4-12(5-3-11)14-18-8-9-19-14/h2-5,10,14H,6,8-9H2,1H3,(H,16,17)/t10-/m1/s1. The van der Waals surface area contributed by atoms with Crippen molar-refractivity contribution >= 4 is 29.4 Å². The average Bonchev–Trinajstić information content (AvgIpc) is 2.93. The number of benzene rings is 1. The van der Waals surface area contributed by atoms with Gasteiger partial charge in [0, 0.05) is 23.1 Å². The first-order valence-electron chi connectivity index (χ1n) is 6.21. The third-order valence-electron chi connectivity index (χ3n) is 2.84. The largest absolute Gasteiger partial charge is 0.349 e. The fourth-order valence-corrected chi connectivity index (χ4v) is 4.70. The topological polar surface area (TPSA) is 52.9 Å². The summed E-state index contributed by atoms with van der Waals surface area (Å²) in [6, 6.07) is 9.72. The normalized spacial score (nSPS) is 16.8. The molecule has 1 aliphatic heterocycles. The van der Waals surface area contributed by atoms with E-state index in [1.54, 1.807) is 0 Å². The van der Waals surface area contributed by atoms with Crippen molar-refractivity contribution in [3.8, 4) is 6.07 Å². The second-order valence-electron chi connectivity index (χ2n) is 4.43. The predicted molar refractivity (Wildman–Crippen MR) is 81.3 cm³/mol. The molecule has 1 fully saturated rings. The zero-order chi connectivity index (χ0) is 13.7. The van der Waals surface area contributed by atoms with Gasteiger partial charge in [0.05, 0.1) is 17.1 Å². The van der Waals surface area contributed by atoms with Crippen LogP contribution in [0.4, 0.5) is 0 Å². The molecule has 0 aromatic heterocycles. The SMILES string of the molecule is C[C@H](CC#N)NC(=O)c1ccc(C2SCCS2)cc1. The van der Waals surface area contributed by atoms with Crippen LogP contribution >= 0.6 is 23.5 Å². The third-order valence-corrected chi connectivity index (χ3v) is 5.95. The zero-order valence-electron chi connectivity index (χ0n) is 10.8. The van der Waals surface area contributed by atoms with Gasteiger partial charge >= 0.3 is 0 Å². The number of amides is 1. The van der Waals surface area contributed by atoms with Crippen LogP contribution in [0.5, 0.6) is 0 Å². The number of nitrogens with zero attached hydrogens (tertiary/aromatic N) is 1. The van der Waals surface area contributed by atoms with Gasteiger partial charge in [-0.15, -0.1) is 23.5 Å². The maximum atomic E-state index is 11.9. The van der Waals surface area contributed by atoms with Gasteiger partial charge in [-0.3, -0.25) is 4.79 Å². The minimum Gasteiger partial charge on any atom is -0.349 e. The van der Waals surface area contributed by atoms with Gasteiger partial charge in [0.1, 0.15) is 0 Å². The maximum Gasteiger partial charge on any atom is 0.251 e. The van der Waals surface area contributed by atoms with Gasteiger partial charge in [-0.25, -0.2) is 0 Å². The fourth-order valence-electron chi connectivity index (χ4n) is 1.84. The van der Waals surface area contributed by atoms with E-state index in [0.717, 1.165) is 0 Å². The molecule has 1 amide bonds. The van der Waals surface area contributed by atoms with Gasteiger partial charge in [0.15, 0.2) is 0 Å². The van der Waals surface area contributed by atoms with Crippen molar-refractivity contribution in [2.45, 2.75) is 24.0 Å². The van der Waals surface area contributed by atoms with Crippen molar-refractivity contribution in [1.29, 1.82) is 5.26 Å². The lowest BCUT2D eigenvalue weighted by atomic mass is 10.1. The second kappa shape index (κ2) is 6.88. The molecule has 1 heterocycles. The molecule has 1 aromatic carbocycles. The van der Waals surface area contributed by atoms with Crippen molar-refractivity contribution in [3.63, 3.8) is 0 Å². The van der Waals surface area contributed by atoms with Crippen LogP contribution in [0.1, 0.15) is 33.8 Å². The molecule has 2 rings (SSSR count). The average molecular weight is 292 g/mol. The molecule has 0 spiro atoms. The van der Waals surface area contributed by atoms with Crippen molar-refractivity contribution < 1.29 is 4.79 Å². The molecule has 0 radical (unpaired) electrons. The summed E-state index contributed by atoms with van der Waals surface area (Å²) < 4.78 is 0.509. The Kier molecular flexibility index (Phi) is 5.17. The van der Waals surface area contributed by atoms with E-state index in [9.17, 15) is 4.79 Å². The highest BCUT2D eigenvalue weighted by Gasteiger charge is 2.18. The Balaban J connectivity index is 1.97. The molecule has 5 heteroatoms. The molecular weight excluding hydrogens is 276 g/mol. The predicted octanol–water partition coefficient (Wildman–Crippen LogP) is 3.20. The lowest BCUT2D eigenvalue weighted by molar-refractivity contribution is 0.0941. The van der Waals surface area contributed by atoms with Gasteiger partial charge < -0.3 is 5.32 Å². The van der Waals surface area contributed by atoms with Gasteiger partial charge in [-0.2, -0.15) is 5.26 Å². The van der Waals surface area contributed by atoms with E-state index in [-0.39, 0.29) is 11.9 Å². The molecular formula is C14H16N2OS2. The molecule has 0 unspecified atom stereocenters. The smallest absolute Gasteiger partial charge is 0.251 e. The molecule has 0 bridgehead atoms. The van der Waals surface area contributed by atoms with Crippen molar-refractivity contribution in [2.24, 2.45) is 0 Å². The summed E-state index contributed by atoms with van der Waals surface area (Å²) in [6.07, 6.45) is 0.333. The van der Waals surface area contributed by atoms with Gasteiger partial charge in [0.25, 0.3) is 5.91 Å². The van der Waals surface area contributed by atoms with E-state index in [1.165, 1.54) is 17.1 Å². The molecule has 1 aromatic rings. The quantitative estimate of drug-likeness (QED) is 0.926. The van der Waals surface area contributed by atoms with E-state index in [2.05, 4.69) is 11.4 Å². The maximum absolute atomic E-state index is 11.9. The van der Waals surface area contributed by atoms with Gasteiger partial charge in [-0.05, 0) is 24.6 Å². The molecule has 0 aliphatic carbocycles. The monoisotopic (exact) mass is 292 g/mol. The molecule has 0 saturated carbocycles. The molecule has 3 nitrogen and oxygen atoms in total. The number of carbonyl (C=O) groups is 1. The zero-order valence-corrected chi connectivity index (χ0v) is 12.4. The Morgan fingerprint density at radius 2 is 2.05 bits per heavy atom. The number of hydrogen-bond acceptors (Lipinski definition) is 4. The first kappa shape index (κ1) is 14.3. The Hall–Kier alpha value is -1.12. The van der Waals surface area contributed by atoms with E-state index >= 15 is 0 Å². The minimum atomic E-state index is -0.113. The summed E-state index contributed by atoms with van der Waals surface area (Å²) in [5.74, 6) is 2.29. The van der Waals surface area contributed by atoms with Crippen molar-refractivity contribution in [1.82, 2.24) is 5.32 Å². The highest BCUT2D eigenvalue weighted by atomic mass is 32.2. The highest BCUT2D eigenvalue weighted by Crippen LogP contribution is 2.45. The van der Waals surface area contributed by atoms with Crippen LogP contribution in [0, 0.1) is 11.3 Å². The van der Waals surface area contributed by atoms with E-state index in [4.69, 9.17) is 5.26 Å². The molecule has 1 atom stereocenters.